The van der Waals surface area contributed by atoms with Crippen molar-refractivity contribution in [1.82, 2.24) is 4.98 Å². The fraction of sp³-hybridized carbons (Fsp3) is 0.400. The first-order chi connectivity index (χ1) is 14.6. The lowest BCUT2D eigenvalue weighted by Crippen LogP contribution is -2.40. The summed E-state index contributed by atoms with van der Waals surface area (Å²) in [5.74, 6) is 1.03. The number of aromatic nitrogens is 1. The zero-order chi connectivity index (χ0) is 20.8. The summed E-state index contributed by atoms with van der Waals surface area (Å²) in [6.07, 6.45) is 7.01. The molecule has 0 radical (unpaired) electrons. The van der Waals surface area contributed by atoms with Gasteiger partial charge in [0, 0.05) is 11.5 Å². The molecule has 2 aliphatic carbocycles. The number of anilines is 1. The molecule has 0 spiro atoms. The van der Waals surface area contributed by atoms with Crippen LogP contribution in [-0.2, 0) is 6.42 Å². The smallest absolute Gasteiger partial charge is 0.134 e. The molecule has 3 aliphatic rings. The number of pyridine rings is 1. The molecule has 0 bridgehead atoms. The number of fused-ring (bicyclic) bond motifs is 3. The summed E-state index contributed by atoms with van der Waals surface area (Å²) in [6.45, 7) is 5.60. The predicted octanol–water partition coefficient (Wildman–Crippen LogP) is 5.14. The van der Waals surface area contributed by atoms with Crippen LogP contribution >= 0.6 is 0 Å². The second-order valence-corrected chi connectivity index (χ2v) is 8.76. The first-order valence-corrected chi connectivity index (χ1v) is 10.8. The van der Waals surface area contributed by atoms with Crippen LogP contribution in [0.25, 0.3) is 5.76 Å². The largest absolute Gasteiger partial charge is 0.506 e. The van der Waals surface area contributed by atoms with Gasteiger partial charge >= 0.3 is 0 Å². The molecule has 1 aromatic heterocycles. The van der Waals surface area contributed by atoms with Gasteiger partial charge in [0.05, 0.1) is 34.8 Å². The topological polar surface area (TPSA) is 72.5 Å². The maximum atomic E-state index is 9.74. The van der Waals surface area contributed by atoms with Crippen LogP contribution in [0.2, 0.25) is 0 Å². The van der Waals surface area contributed by atoms with Gasteiger partial charge in [-0.25, -0.2) is 4.98 Å². The Kier molecular flexibility index (Phi) is 4.58. The van der Waals surface area contributed by atoms with E-state index in [-0.39, 0.29) is 5.76 Å². The minimum Gasteiger partial charge on any atom is -0.506 e. The molecule has 0 amide bonds. The molecule has 1 fully saturated rings. The van der Waals surface area contributed by atoms with Crippen LogP contribution in [0.1, 0.15) is 60.2 Å². The Labute approximate surface area is 177 Å². The van der Waals surface area contributed by atoms with E-state index in [2.05, 4.69) is 28.7 Å². The highest BCUT2D eigenvalue weighted by molar-refractivity contribution is 6.06. The van der Waals surface area contributed by atoms with Crippen molar-refractivity contribution >= 4 is 17.2 Å². The van der Waals surface area contributed by atoms with E-state index < -0.39 is 0 Å². The fourth-order valence-electron chi connectivity index (χ4n) is 5.50. The third-order valence-electron chi connectivity index (χ3n) is 6.98. The fourth-order valence-corrected chi connectivity index (χ4v) is 5.50. The molecule has 2 heterocycles. The molecule has 1 aliphatic heterocycles. The Balaban J connectivity index is 1.59. The molecule has 1 aromatic carbocycles. The Morgan fingerprint density at radius 1 is 1.20 bits per heavy atom. The maximum absolute atomic E-state index is 9.74. The molecule has 1 N–H and O–H groups in total. The van der Waals surface area contributed by atoms with Crippen molar-refractivity contribution in [1.29, 1.82) is 5.26 Å². The van der Waals surface area contributed by atoms with Crippen LogP contribution in [0.3, 0.4) is 0 Å². The zero-order valence-electron chi connectivity index (χ0n) is 17.3. The quantitative estimate of drug-likeness (QED) is 0.727. The van der Waals surface area contributed by atoms with Gasteiger partial charge in [0.1, 0.15) is 11.5 Å². The highest BCUT2D eigenvalue weighted by Crippen LogP contribution is 2.44. The number of nitrogens with zero attached hydrogens (tertiary/aromatic N) is 4. The van der Waals surface area contributed by atoms with Crippen molar-refractivity contribution in [2.75, 3.05) is 5.01 Å². The highest BCUT2D eigenvalue weighted by atomic mass is 16.3. The Morgan fingerprint density at radius 2 is 2.00 bits per heavy atom. The monoisotopic (exact) mass is 398 g/mol. The van der Waals surface area contributed by atoms with Crippen LogP contribution < -0.4 is 5.01 Å². The second-order valence-electron chi connectivity index (χ2n) is 8.76. The van der Waals surface area contributed by atoms with Crippen LogP contribution in [0.5, 0.6) is 0 Å². The van der Waals surface area contributed by atoms with E-state index in [4.69, 9.17) is 5.10 Å². The van der Waals surface area contributed by atoms with Crippen molar-refractivity contribution in [3.05, 3.63) is 65.0 Å². The minimum absolute atomic E-state index is 0.00630. The second kappa shape index (κ2) is 7.28. The standard InChI is InChI=1S/C25H26N4O/c1-15-13-19(8-7-18(15)14-26)29-25(17-5-3-4-6-17)21-10-12-23-20(24(21)28-29)9-11-22(27-23)16(2)30/h7-9,11,13,17,21,25,30H,2-6,10,12H2,1H3. The van der Waals surface area contributed by atoms with E-state index >= 15 is 0 Å². The van der Waals surface area contributed by atoms with E-state index in [1.165, 1.54) is 25.7 Å². The summed E-state index contributed by atoms with van der Waals surface area (Å²) < 4.78 is 0. The molecule has 5 nitrogen and oxygen atoms in total. The predicted molar refractivity (Wildman–Crippen MR) is 118 cm³/mol. The molecular formula is C25H26N4O. The lowest BCUT2D eigenvalue weighted by molar-refractivity contribution is 0.353. The van der Waals surface area contributed by atoms with Gasteiger partial charge in [-0.15, -0.1) is 0 Å². The van der Waals surface area contributed by atoms with Crippen LogP contribution in [0.15, 0.2) is 42.0 Å². The summed E-state index contributed by atoms with van der Waals surface area (Å²) in [5, 5.41) is 26.5. The van der Waals surface area contributed by atoms with Crippen molar-refractivity contribution in [2.24, 2.45) is 16.9 Å². The maximum Gasteiger partial charge on any atom is 0.134 e. The highest BCUT2D eigenvalue weighted by Gasteiger charge is 2.45. The van der Waals surface area contributed by atoms with Crippen LogP contribution in [-0.4, -0.2) is 21.8 Å². The van der Waals surface area contributed by atoms with Gasteiger partial charge in [-0.3, -0.25) is 5.01 Å². The van der Waals surface area contributed by atoms with Gasteiger partial charge in [0.25, 0.3) is 0 Å². The van der Waals surface area contributed by atoms with E-state index in [0.717, 1.165) is 41.1 Å². The van der Waals surface area contributed by atoms with Crippen LogP contribution in [0.4, 0.5) is 5.69 Å². The van der Waals surface area contributed by atoms with Crippen molar-refractivity contribution in [3.8, 4) is 6.07 Å². The molecular weight excluding hydrogens is 372 g/mol. The number of hydrogen-bond acceptors (Lipinski definition) is 5. The van der Waals surface area contributed by atoms with Crippen molar-refractivity contribution in [3.63, 3.8) is 0 Å². The van der Waals surface area contributed by atoms with Gasteiger partial charge in [-0.05, 0) is 74.4 Å². The van der Waals surface area contributed by atoms with Crippen LogP contribution in [0, 0.1) is 30.1 Å². The van der Waals surface area contributed by atoms with Gasteiger partial charge in [-0.1, -0.05) is 19.4 Å². The van der Waals surface area contributed by atoms with Gasteiger partial charge < -0.3 is 5.11 Å². The normalized spacial score (nSPS) is 22.9. The SMILES string of the molecule is C=C(O)c1ccc2c(n1)CCC1C2=NN(c2ccc(C#N)c(C)c2)C1C1CCCC1. The lowest BCUT2D eigenvalue weighted by atomic mass is 9.76. The number of nitriles is 1. The summed E-state index contributed by atoms with van der Waals surface area (Å²) in [7, 11) is 0. The average molecular weight is 399 g/mol. The molecule has 2 unspecified atom stereocenters. The number of aliphatic hydroxyl groups excluding tert-OH is 1. The molecule has 2 atom stereocenters. The van der Waals surface area contributed by atoms with Gasteiger partial charge in [0.2, 0.25) is 0 Å². The summed E-state index contributed by atoms with van der Waals surface area (Å²) in [6, 6.07) is 12.5. The molecule has 2 aromatic rings. The number of hydrazone groups is 1. The summed E-state index contributed by atoms with van der Waals surface area (Å²) in [5.41, 5.74) is 6.54. The molecule has 5 rings (SSSR count). The molecule has 30 heavy (non-hydrogen) atoms. The van der Waals surface area contributed by atoms with E-state index in [1.807, 2.05) is 31.2 Å². The third-order valence-corrected chi connectivity index (χ3v) is 6.98. The first kappa shape index (κ1) is 18.9. The summed E-state index contributed by atoms with van der Waals surface area (Å²) >= 11 is 0. The van der Waals surface area contributed by atoms with E-state index in [1.54, 1.807) is 0 Å². The number of aryl methyl sites for hydroxylation is 2. The van der Waals surface area contributed by atoms with Gasteiger partial charge in [-0.2, -0.15) is 10.4 Å². The van der Waals surface area contributed by atoms with Gasteiger partial charge in [0.15, 0.2) is 0 Å². The number of aliphatic hydroxyl groups is 1. The van der Waals surface area contributed by atoms with Crippen molar-refractivity contribution < 1.29 is 5.11 Å². The minimum atomic E-state index is 0.00630. The zero-order valence-corrected chi connectivity index (χ0v) is 17.3. The lowest BCUT2D eigenvalue weighted by Gasteiger charge is -2.34. The Morgan fingerprint density at radius 3 is 2.70 bits per heavy atom. The van der Waals surface area contributed by atoms with E-state index in [0.29, 0.717) is 29.1 Å². The summed E-state index contributed by atoms with van der Waals surface area (Å²) in [4.78, 5) is 4.65. The molecule has 152 valence electrons. The van der Waals surface area contributed by atoms with Crippen molar-refractivity contribution in [2.45, 2.75) is 51.5 Å². The molecule has 5 heteroatoms. The number of rotatable bonds is 3. The number of benzene rings is 1. The van der Waals surface area contributed by atoms with E-state index in [9.17, 15) is 10.4 Å². The molecule has 1 saturated carbocycles. The Bertz CT molecular complexity index is 1090. The third kappa shape index (κ3) is 2.99. The number of hydrogen-bond donors (Lipinski definition) is 1. The average Bonchev–Trinajstić information content (AvgIpc) is 3.40. The molecule has 0 saturated heterocycles. The Hall–Kier alpha value is -3.13. The first-order valence-electron chi connectivity index (χ1n) is 10.8.